The number of cyclic esters (lactones) is 1. The highest BCUT2D eigenvalue weighted by Gasteiger charge is 2.46. The van der Waals surface area contributed by atoms with E-state index in [1.54, 1.807) is 6.20 Å². The summed E-state index contributed by atoms with van der Waals surface area (Å²) >= 11 is 0. The molecule has 1 saturated heterocycles. The molecule has 1 aromatic rings. The van der Waals surface area contributed by atoms with Gasteiger partial charge < -0.3 is 19.1 Å². The Hall–Kier alpha value is -2.90. The summed E-state index contributed by atoms with van der Waals surface area (Å²) in [6, 6.07) is 3.00. The van der Waals surface area contributed by atoms with Gasteiger partial charge in [0.05, 0.1) is 32.6 Å². The van der Waals surface area contributed by atoms with Crippen LogP contribution >= 0.6 is 0 Å². The number of amides is 1. The number of hydrogen-bond acceptors (Lipinski definition) is 7. The predicted molar refractivity (Wildman–Crippen MR) is 127 cm³/mol. The van der Waals surface area contributed by atoms with Crippen LogP contribution in [0.3, 0.4) is 0 Å². The summed E-state index contributed by atoms with van der Waals surface area (Å²) in [5.74, 6) is -1.33. The monoisotopic (exact) mass is 472 g/mol. The lowest BCUT2D eigenvalue weighted by Crippen LogP contribution is -2.47. The van der Waals surface area contributed by atoms with Crippen molar-refractivity contribution in [2.75, 3.05) is 20.3 Å². The van der Waals surface area contributed by atoms with Crippen molar-refractivity contribution in [3.63, 3.8) is 0 Å². The molecule has 34 heavy (non-hydrogen) atoms. The Morgan fingerprint density at radius 3 is 2.74 bits per heavy atom. The molecule has 186 valence electrons. The van der Waals surface area contributed by atoms with Crippen LogP contribution < -0.4 is 4.74 Å². The third-order valence-corrected chi connectivity index (χ3v) is 6.39. The van der Waals surface area contributed by atoms with Crippen LogP contribution in [0.1, 0.15) is 64.9 Å². The molecule has 8 nitrogen and oxygen atoms in total. The van der Waals surface area contributed by atoms with Gasteiger partial charge in [-0.1, -0.05) is 32.9 Å². The molecule has 0 saturated carbocycles. The predicted octanol–water partition coefficient (Wildman–Crippen LogP) is 3.79. The fourth-order valence-electron chi connectivity index (χ4n) is 4.40. The summed E-state index contributed by atoms with van der Waals surface area (Å²) in [4.78, 5) is 44.7. The van der Waals surface area contributed by atoms with E-state index in [1.807, 2.05) is 39.0 Å². The SMILES string of the molecule is COC(=O)[C@@H]1C[C@@H]2CN1C(=O)[C@H](C(C)(C)C)CC(=O)OCCCCC/C=C/c1cccnc1O2. The van der Waals surface area contributed by atoms with E-state index >= 15 is 0 Å². The fraction of sp³-hybridized carbons (Fsp3) is 0.615. The lowest BCUT2D eigenvalue weighted by Gasteiger charge is -2.34. The fourth-order valence-corrected chi connectivity index (χ4v) is 4.40. The molecule has 2 aliphatic rings. The van der Waals surface area contributed by atoms with Gasteiger partial charge in [0.25, 0.3) is 0 Å². The average molecular weight is 473 g/mol. The summed E-state index contributed by atoms with van der Waals surface area (Å²) in [5, 5.41) is 0. The first-order chi connectivity index (χ1) is 16.2. The van der Waals surface area contributed by atoms with Crippen LogP contribution in [0.2, 0.25) is 0 Å². The third-order valence-electron chi connectivity index (χ3n) is 6.39. The Morgan fingerprint density at radius 1 is 1.21 bits per heavy atom. The molecule has 3 heterocycles. The summed E-state index contributed by atoms with van der Waals surface area (Å²) in [6.45, 7) is 6.29. The summed E-state index contributed by atoms with van der Waals surface area (Å²) < 4.78 is 16.6. The van der Waals surface area contributed by atoms with Crippen LogP contribution in [0.4, 0.5) is 0 Å². The van der Waals surface area contributed by atoms with Gasteiger partial charge in [-0.2, -0.15) is 0 Å². The number of carbonyl (C=O) groups is 3. The zero-order valence-electron chi connectivity index (χ0n) is 20.6. The van der Waals surface area contributed by atoms with Gasteiger partial charge in [0.15, 0.2) is 0 Å². The van der Waals surface area contributed by atoms with Crippen LogP contribution in [-0.2, 0) is 23.9 Å². The van der Waals surface area contributed by atoms with E-state index in [0.29, 0.717) is 18.9 Å². The molecule has 0 N–H and O–H groups in total. The van der Waals surface area contributed by atoms with Crippen molar-refractivity contribution in [1.29, 1.82) is 0 Å². The second kappa shape index (κ2) is 11.5. The topological polar surface area (TPSA) is 95.0 Å². The molecule has 3 rings (SSSR count). The molecule has 2 aliphatic heterocycles. The minimum absolute atomic E-state index is 0.0363. The Bertz CT molecular complexity index is 907. The molecular weight excluding hydrogens is 436 g/mol. The van der Waals surface area contributed by atoms with Crippen molar-refractivity contribution in [2.24, 2.45) is 11.3 Å². The van der Waals surface area contributed by atoms with E-state index in [4.69, 9.17) is 14.2 Å². The maximum Gasteiger partial charge on any atom is 0.328 e. The molecule has 2 bridgehead atoms. The molecule has 3 atom stereocenters. The molecule has 0 aliphatic carbocycles. The number of ether oxygens (including phenoxy) is 3. The van der Waals surface area contributed by atoms with Gasteiger partial charge in [-0.25, -0.2) is 9.78 Å². The molecule has 0 aromatic carbocycles. The van der Waals surface area contributed by atoms with E-state index in [1.165, 1.54) is 12.0 Å². The van der Waals surface area contributed by atoms with Crippen molar-refractivity contribution in [3.8, 4) is 5.88 Å². The zero-order valence-corrected chi connectivity index (χ0v) is 20.6. The van der Waals surface area contributed by atoms with Crippen molar-refractivity contribution in [2.45, 2.75) is 71.4 Å². The highest BCUT2D eigenvalue weighted by atomic mass is 16.5. The molecule has 1 amide bonds. The van der Waals surface area contributed by atoms with E-state index in [-0.39, 0.29) is 18.9 Å². The maximum atomic E-state index is 13.7. The second-order valence-electron chi connectivity index (χ2n) is 10.00. The van der Waals surface area contributed by atoms with Crippen molar-refractivity contribution < 1.29 is 28.6 Å². The standard InChI is InChI=1S/C26H36N2O6/c1-26(2,3)20-16-22(29)33-14-9-7-5-6-8-11-18-12-10-13-27-23(18)34-19-15-21(25(31)32-4)28(17-19)24(20)30/h8,10-13,19-21H,5-7,9,14-17H2,1-4H3/b11-8+/t19-,20-,21+/m1/s1. The number of pyridine rings is 1. The van der Waals surface area contributed by atoms with Crippen LogP contribution in [0.25, 0.3) is 6.08 Å². The summed E-state index contributed by atoms with van der Waals surface area (Å²) in [5.41, 5.74) is 0.347. The van der Waals surface area contributed by atoms with Gasteiger partial charge >= 0.3 is 11.9 Å². The smallest absolute Gasteiger partial charge is 0.328 e. The van der Waals surface area contributed by atoms with Crippen LogP contribution in [-0.4, -0.2) is 60.1 Å². The van der Waals surface area contributed by atoms with E-state index < -0.39 is 35.4 Å². The number of allylic oxidation sites excluding steroid dienone is 1. The Labute approximate surface area is 201 Å². The van der Waals surface area contributed by atoms with Crippen molar-refractivity contribution in [1.82, 2.24) is 9.88 Å². The lowest BCUT2D eigenvalue weighted by atomic mass is 9.77. The summed E-state index contributed by atoms with van der Waals surface area (Å²) in [7, 11) is 1.31. The molecule has 0 spiro atoms. The number of hydrogen-bond donors (Lipinski definition) is 0. The van der Waals surface area contributed by atoms with Gasteiger partial charge in [0, 0.05) is 18.2 Å². The Balaban J connectivity index is 1.92. The van der Waals surface area contributed by atoms with Gasteiger partial charge in [-0.3, -0.25) is 9.59 Å². The summed E-state index contributed by atoms with van der Waals surface area (Å²) in [6.07, 6.45) is 9.13. The van der Waals surface area contributed by atoms with Crippen LogP contribution in [0.15, 0.2) is 24.4 Å². The maximum absolute atomic E-state index is 13.7. The molecule has 8 heteroatoms. The molecule has 0 unspecified atom stereocenters. The molecule has 0 radical (unpaired) electrons. The largest absolute Gasteiger partial charge is 0.472 e. The minimum Gasteiger partial charge on any atom is -0.472 e. The number of rotatable bonds is 1. The number of nitrogens with zero attached hydrogens (tertiary/aromatic N) is 2. The first-order valence-electron chi connectivity index (χ1n) is 12.0. The van der Waals surface area contributed by atoms with E-state index in [9.17, 15) is 14.4 Å². The van der Waals surface area contributed by atoms with E-state index in [0.717, 1.165) is 31.2 Å². The van der Waals surface area contributed by atoms with Gasteiger partial charge in [0.2, 0.25) is 11.8 Å². The number of fused-ring (bicyclic) bond motifs is 3. The molecular formula is C26H36N2O6. The number of carbonyl (C=O) groups excluding carboxylic acids is 3. The number of esters is 2. The first-order valence-corrected chi connectivity index (χ1v) is 12.0. The zero-order chi connectivity index (χ0) is 24.7. The quantitative estimate of drug-likeness (QED) is 0.574. The first kappa shape index (κ1) is 25.7. The normalized spacial score (nSPS) is 25.9. The highest BCUT2D eigenvalue weighted by molar-refractivity contribution is 5.89. The van der Waals surface area contributed by atoms with Crippen LogP contribution in [0, 0.1) is 11.3 Å². The minimum atomic E-state index is -0.784. The number of aromatic nitrogens is 1. The van der Waals surface area contributed by atoms with Gasteiger partial charge in [-0.15, -0.1) is 0 Å². The Morgan fingerprint density at radius 2 is 2.00 bits per heavy atom. The number of methoxy groups -OCH3 is 1. The van der Waals surface area contributed by atoms with Gasteiger partial charge in [-0.05, 0) is 43.2 Å². The van der Waals surface area contributed by atoms with E-state index in [2.05, 4.69) is 11.1 Å². The second-order valence-corrected chi connectivity index (χ2v) is 10.00. The lowest BCUT2D eigenvalue weighted by molar-refractivity contribution is -0.157. The Kier molecular flexibility index (Phi) is 8.69. The third kappa shape index (κ3) is 6.58. The average Bonchev–Trinajstić information content (AvgIpc) is 3.21. The molecule has 1 aromatic heterocycles. The van der Waals surface area contributed by atoms with Gasteiger partial charge in [0.1, 0.15) is 12.1 Å². The van der Waals surface area contributed by atoms with Crippen LogP contribution in [0.5, 0.6) is 5.88 Å². The van der Waals surface area contributed by atoms with Crippen molar-refractivity contribution >= 4 is 23.9 Å². The van der Waals surface area contributed by atoms with Crippen molar-refractivity contribution in [3.05, 3.63) is 30.0 Å². The highest BCUT2D eigenvalue weighted by Crippen LogP contribution is 2.34. The molecule has 1 fully saturated rings.